The maximum atomic E-state index is 9.99. The van der Waals surface area contributed by atoms with Crippen LogP contribution in [-0.4, -0.2) is 19.9 Å². The minimum Gasteiger partial charge on any atom is -0.373 e. The van der Waals surface area contributed by atoms with Crippen LogP contribution in [0.25, 0.3) is 10.7 Å². The Morgan fingerprint density at radius 2 is 2.31 bits per heavy atom. The third-order valence-electron chi connectivity index (χ3n) is 2.89. The molecule has 0 saturated carbocycles. The Morgan fingerprint density at radius 3 is 3.06 bits per heavy atom. The molecule has 1 unspecified atom stereocenters. The Morgan fingerprint density at radius 1 is 1.44 bits per heavy atom. The van der Waals surface area contributed by atoms with Gasteiger partial charge in [-0.15, -0.1) is 21.5 Å². The first-order chi connectivity index (χ1) is 7.75. The van der Waals surface area contributed by atoms with Crippen molar-refractivity contribution < 1.29 is 5.11 Å². The van der Waals surface area contributed by atoms with E-state index in [0.29, 0.717) is 0 Å². The first kappa shape index (κ1) is 9.99. The smallest absolute Gasteiger partial charge is 0.176 e. The number of aliphatic hydroxyl groups excluding tert-OH is 1. The molecule has 1 atom stereocenters. The van der Waals surface area contributed by atoms with E-state index < -0.39 is 6.23 Å². The van der Waals surface area contributed by atoms with Crippen molar-refractivity contribution in [3.05, 3.63) is 22.8 Å². The first-order valence-corrected chi connectivity index (χ1v) is 6.26. The second-order valence-corrected chi connectivity index (χ2v) is 5.38. The standard InChI is InChI=1S/C11H13N3OS/c1-7-5-6-8(16-7)11-13-12-9-3-2-4-10(15)14(9)11/h5-6,10,15H,2-4H2,1H3. The Bertz CT molecular complexity index is 517. The van der Waals surface area contributed by atoms with Crippen LogP contribution in [0.2, 0.25) is 0 Å². The van der Waals surface area contributed by atoms with Gasteiger partial charge in [0.1, 0.15) is 12.1 Å². The van der Waals surface area contributed by atoms with Crippen LogP contribution in [0.1, 0.15) is 29.8 Å². The van der Waals surface area contributed by atoms with E-state index in [1.807, 2.05) is 10.6 Å². The van der Waals surface area contributed by atoms with Crippen LogP contribution in [0.4, 0.5) is 0 Å². The topological polar surface area (TPSA) is 50.9 Å². The molecule has 0 amide bonds. The summed E-state index contributed by atoms with van der Waals surface area (Å²) in [5.41, 5.74) is 0. The molecular weight excluding hydrogens is 222 g/mol. The van der Waals surface area contributed by atoms with Crippen molar-refractivity contribution in [3.63, 3.8) is 0 Å². The lowest BCUT2D eigenvalue weighted by Gasteiger charge is -2.20. The van der Waals surface area contributed by atoms with E-state index in [1.165, 1.54) is 4.88 Å². The predicted molar refractivity (Wildman–Crippen MR) is 62.3 cm³/mol. The van der Waals surface area contributed by atoms with Crippen molar-refractivity contribution in [1.82, 2.24) is 14.8 Å². The number of rotatable bonds is 1. The van der Waals surface area contributed by atoms with E-state index in [4.69, 9.17) is 0 Å². The van der Waals surface area contributed by atoms with Crippen LogP contribution in [0.15, 0.2) is 12.1 Å². The molecular formula is C11H13N3OS. The molecule has 3 rings (SSSR count). The molecule has 0 spiro atoms. The van der Waals surface area contributed by atoms with Crippen LogP contribution >= 0.6 is 11.3 Å². The zero-order valence-electron chi connectivity index (χ0n) is 9.05. The number of nitrogens with zero attached hydrogens (tertiary/aromatic N) is 3. The van der Waals surface area contributed by atoms with E-state index in [-0.39, 0.29) is 0 Å². The highest BCUT2D eigenvalue weighted by Gasteiger charge is 2.23. The molecule has 16 heavy (non-hydrogen) atoms. The van der Waals surface area contributed by atoms with E-state index in [2.05, 4.69) is 23.2 Å². The quantitative estimate of drug-likeness (QED) is 0.824. The average molecular weight is 235 g/mol. The minimum atomic E-state index is -0.462. The Balaban J connectivity index is 2.12. The van der Waals surface area contributed by atoms with Gasteiger partial charge in [0.2, 0.25) is 0 Å². The fourth-order valence-electron chi connectivity index (χ4n) is 2.10. The first-order valence-electron chi connectivity index (χ1n) is 5.44. The van der Waals surface area contributed by atoms with Gasteiger partial charge in [-0.3, -0.25) is 4.57 Å². The van der Waals surface area contributed by atoms with E-state index in [0.717, 1.165) is 35.8 Å². The normalized spacial score (nSPS) is 19.8. The number of hydrogen-bond donors (Lipinski definition) is 1. The van der Waals surface area contributed by atoms with Gasteiger partial charge in [0.15, 0.2) is 5.82 Å². The van der Waals surface area contributed by atoms with Crippen LogP contribution in [0, 0.1) is 6.92 Å². The zero-order valence-corrected chi connectivity index (χ0v) is 9.87. The highest BCUT2D eigenvalue weighted by atomic mass is 32.1. The second-order valence-electron chi connectivity index (χ2n) is 4.09. The third-order valence-corrected chi connectivity index (χ3v) is 3.88. The van der Waals surface area contributed by atoms with E-state index >= 15 is 0 Å². The lowest BCUT2D eigenvalue weighted by Crippen LogP contribution is -2.18. The number of aromatic nitrogens is 3. The zero-order chi connectivity index (χ0) is 11.1. The van der Waals surface area contributed by atoms with Crippen LogP contribution in [0.5, 0.6) is 0 Å². The van der Waals surface area contributed by atoms with Gasteiger partial charge >= 0.3 is 0 Å². The van der Waals surface area contributed by atoms with Crippen LogP contribution in [-0.2, 0) is 6.42 Å². The molecule has 5 heteroatoms. The molecule has 0 bridgehead atoms. The summed E-state index contributed by atoms with van der Waals surface area (Å²) in [5.74, 6) is 1.71. The molecule has 0 aromatic carbocycles. The molecule has 84 valence electrons. The largest absolute Gasteiger partial charge is 0.373 e. The summed E-state index contributed by atoms with van der Waals surface area (Å²) < 4.78 is 1.87. The molecule has 0 aliphatic carbocycles. The summed E-state index contributed by atoms with van der Waals surface area (Å²) in [6, 6.07) is 4.11. The van der Waals surface area contributed by atoms with Gasteiger partial charge in [0.25, 0.3) is 0 Å². The highest BCUT2D eigenvalue weighted by molar-refractivity contribution is 7.15. The molecule has 1 aliphatic heterocycles. The number of fused-ring (bicyclic) bond motifs is 1. The fraction of sp³-hybridized carbons (Fsp3) is 0.455. The molecule has 2 aromatic heterocycles. The summed E-state index contributed by atoms with van der Waals surface area (Å²) >= 11 is 1.69. The van der Waals surface area contributed by atoms with Gasteiger partial charge < -0.3 is 5.11 Å². The van der Waals surface area contributed by atoms with Gasteiger partial charge in [-0.2, -0.15) is 0 Å². The molecule has 0 radical (unpaired) electrons. The van der Waals surface area contributed by atoms with Gasteiger partial charge in [-0.25, -0.2) is 0 Å². The van der Waals surface area contributed by atoms with Crippen LogP contribution in [0.3, 0.4) is 0 Å². The van der Waals surface area contributed by atoms with Crippen molar-refractivity contribution >= 4 is 11.3 Å². The summed E-state index contributed by atoms with van der Waals surface area (Å²) in [4.78, 5) is 2.33. The lowest BCUT2D eigenvalue weighted by molar-refractivity contribution is 0.0796. The maximum absolute atomic E-state index is 9.99. The predicted octanol–water partition coefficient (Wildman–Crippen LogP) is 2.14. The Kier molecular flexibility index (Phi) is 2.29. The van der Waals surface area contributed by atoms with Crippen molar-refractivity contribution in [2.24, 2.45) is 0 Å². The minimum absolute atomic E-state index is 0.462. The lowest BCUT2D eigenvalue weighted by atomic mass is 10.1. The SMILES string of the molecule is Cc1ccc(-c2nnc3n2C(O)CCC3)s1. The molecule has 2 aromatic rings. The van der Waals surface area contributed by atoms with E-state index in [1.54, 1.807) is 11.3 Å². The molecule has 0 saturated heterocycles. The van der Waals surface area contributed by atoms with Crippen LogP contribution < -0.4 is 0 Å². The number of thiophene rings is 1. The molecule has 3 heterocycles. The molecule has 1 aliphatic rings. The summed E-state index contributed by atoms with van der Waals surface area (Å²) in [6.07, 6.45) is 2.23. The van der Waals surface area contributed by atoms with Crippen molar-refractivity contribution in [1.29, 1.82) is 0 Å². The number of aryl methyl sites for hydroxylation is 2. The van der Waals surface area contributed by atoms with Gasteiger partial charge in [-0.05, 0) is 31.9 Å². The summed E-state index contributed by atoms with van der Waals surface area (Å²) in [6.45, 7) is 2.07. The summed E-state index contributed by atoms with van der Waals surface area (Å²) in [7, 11) is 0. The van der Waals surface area contributed by atoms with Crippen molar-refractivity contribution in [2.45, 2.75) is 32.4 Å². The fourth-order valence-corrected chi connectivity index (χ4v) is 2.95. The van der Waals surface area contributed by atoms with Gasteiger partial charge in [0.05, 0.1) is 4.88 Å². The maximum Gasteiger partial charge on any atom is 0.176 e. The molecule has 4 nitrogen and oxygen atoms in total. The monoisotopic (exact) mass is 235 g/mol. The molecule has 1 N–H and O–H groups in total. The number of hydrogen-bond acceptors (Lipinski definition) is 4. The van der Waals surface area contributed by atoms with Gasteiger partial charge in [-0.1, -0.05) is 0 Å². The van der Waals surface area contributed by atoms with E-state index in [9.17, 15) is 5.11 Å². The van der Waals surface area contributed by atoms with Crippen molar-refractivity contribution in [2.75, 3.05) is 0 Å². The molecule has 0 fully saturated rings. The van der Waals surface area contributed by atoms with Gasteiger partial charge in [0, 0.05) is 11.3 Å². The number of aliphatic hydroxyl groups is 1. The average Bonchev–Trinajstić information content (AvgIpc) is 2.84. The highest BCUT2D eigenvalue weighted by Crippen LogP contribution is 2.31. The third kappa shape index (κ3) is 1.47. The Hall–Kier alpha value is -1.20. The summed E-state index contributed by atoms with van der Waals surface area (Å²) in [5, 5.41) is 18.3. The second kappa shape index (κ2) is 3.68. The Labute approximate surface area is 97.6 Å². The van der Waals surface area contributed by atoms with Crippen molar-refractivity contribution in [3.8, 4) is 10.7 Å².